The van der Waals surface area contributed by atoms with Crippen LogP contribution >= 0.6 is 0 Å². The third-order valence-electron chi connectivity index (χ3n) is 4.52. The van der Waals surface area contributed by atoms with Crippen LogP contribution in [0.5, 0.6) is 0 Å². The number of benzene rings is 1. The molecule has 0 bridgehead atoms. The summed E-state index contributed by atoms with van der Waals surface area (Å²) in [4.78, 5) is 14.9. The summed E-state index contributed by atoms with van der Waals surface area (Å²) in [5.41, 5.74) is 6.62. The molecule has 0 saturated carbocycles. The van der Waals surface area contributed by atoms with Gasteiger partial charge in [0, 0.05) is 19.1 Å². The average Bonchev–Trinajstić information content (AvgIpc) is 2.47. The van der Waals surface area contributed by atoms with Gasteiger partial charge in [-0.3, -0.25) is 4.79 Å². The molecule has 1 fully saturated rings. The Labute approximate surface area is 122 Å². The van der Waals surface area contributed by atoms with Crippen molar-refractivity contribution in [2.75, 3.05) is 13.1 Å². The van der Waals surface area contributed by atoms with E-state index in [1.54, 1.807) is 0 Å². The van der Waals surface area contributed by atoms with Crippen molar-refractivity contribution < 1.29 is 4.79 Å². The fourth-order valence-electron chi connectivity index (χ4n) is 3.00. The van der Waals surface area contributed by atoms with Crippen molar-refractivity contribution in [1.82, 2.24) is 4.90 Å². The van der Waals surface area contributed by atoms with Gasteiger partial charge in [0.05, 0.1) is 5.41 Å². The van der Waals surface area contributed by atoms with Gasteiger partial charge in [0.25, 0.3) is 0 Å². The Balaban J connectivity index is 2.14. The summed E-state index contributed by atoms with van der Waals surface area (Å²) >= 11 is 0. The van der Waals surface area contributed by atoms with Gasteiger partial charge in [-0.05, 0) is 45.1 Å². The van der Waals surface area contributed by atoms with Crippen molar-refractivity contribution in [1.29, 1.82) is 0 Å². The summed E-state index contributed by atoms with van der Waals surface area (Å²) in [6.45, 7) is 7.73. The van der Waals surface area contributed by atoms with Gasteiger partial charge in [-0.15, -0.1) is 0 Å². The predicted octanol–water partition coefficient (Wildman–Crippen LogP) is 2.55. The number of rotatable bonds is 3. The largest absolute Gasteiger partial charge is 0.342 e. The molecule has 0 spiro atoms. The molecule has 20 heavy (non-hydrogen) atoms. The number of likely N-dealkylation sites (tertiary alicyclic amines) is 1. The molecule has 1 aliphatic heterocycles. The topological polar surface area (TPSA) is 46.3 Å². The first-order valence-electron chi connectivity index (χ1n) is 7.53. The second-order valence-electron chi connectivity index (χ2n) is 6.50. The van der Waals surface area contributed by atoms with Gasteiger partial charge >= 0.3 is 0 Å². The van der Waals surface area contributed by atoms with E-state index in [-0.39, 0.29) is 11.9 Å². The third kappa shape index (κ3) is 3.04. The fraction of sp³-hybridized carbons (Fsp3) is 0.588. The van der Waals surface area contributed by atoms with Gasteiger partial charge < -0.3 is 10.6 Å². The Bertz CT molecular complexity index is 453. The van der Waals surface area contributed by atoms with E-state index in [9.17, 15) is 4.79 Å². The van der Waals surface area contributed by atoms with Crippen molar-refractivity contribution in [2.45, 2.75) is 45.1 Å². The minimum atomic E-state index is -0.471. The molecular weight excluding hydrogens is 248 g/mol. The summed E-state index contributed by atoms with van der Waals surface area (Å²) in [6, 6.07) is 10.2. The highest BCUT2D eigenvalue weighted by atomic mass is 16.2. The van der Waals surface area contributed by atoms with Crippen LogP contribution in [-0.2, 0) is 10.2 Å². The number of amides is 1. The second-order valence-corrected chi connectivity index (χ2v) is 6.50. The Morgan fingerprint density at radius 2 is 2.00 bits per heavy atom. The van der Waals surface area contributed by atoms with E-state index < -0.39 is 5.41 Å². The van der Waals surface area contributed by atoms with Gasteiger partial charge in [0.2, 0.25) is 5.91 Å². The minimum Gasteiger partial charge on any atom is -0.342 e. The zero-order valence-corrected chi connectivity index (χ0v) is 12.8. The van der Waals surface area contributed by atoms with Gasteiger partial charge in [-0.25, -0.2) is 0 Å². The lowest BCUT2D eigenvalue weighted by Gasteiger charge is -2.39. The Morgan fingerprint density at radius 1 is 1.35 bits per heavy atom. The van der Waals surface area contributed by atoms with E-state index in [2.05, 4.69) is 0 Å². The predicted molar refractivity (Wildman–Crippen MR) is 82.4 cm³/mol. The monoisotopic (exact) mass is 274 g/mol. The lowest BCUT2D eigenvalue weighted by atomic mass is 9.82. The average molecular weight is 274 g/mol. The van der Waals surface area contributed by atoms with E-state index in [0.717, 1.165) is 31.5 Å². The normalized spacial score (nSPS) is 21.6. The Hall–Kier alpha value is -1.35. The maximum absolute atomic E-state index is 12.9. The molecule has 1 heterocycles. The molecule has 3 nitrogen and oxygen atoms in total. The molecule has 1 amide bonds. The molecule has 0 radical (unpaired) electrons. The molecule has 1 aliphatic rings. The van der Waals surface area contributed by atoms with E-state index in [4.69, 9.17) is 5.73 Å². The van der Waals surface area contributed by atoms with Crippen LogP contribution in [0.2, 0.25) is 0 Å². The van der Waals surface area contributed by atoms with Crippen molar-refractivity contribution in [3.8, 4) is 0 Å². The molecule has 1 saturated heterocycles. The van der Waals surface area contributed by atoms with Crippen LogP contribution in [0.1, 0.15) is 39.2 Å². The molecular formula is C17H26N2O. The number of piperidine rings is 1. The first kappa shape index (κ1) is 15.0. The maximum Gasteiger partial charge on any atom is 0.232 e. The first-order valence-corrected chi connectivity index (χ1v) is 7.53. The maximum atomic E-state index is 12.9. The highest BCUT2D eigenvalue weighted by molar-refractivity contribution is 5.87. The SMILES string of the molecule is CC(N)C1CCCN(C(=O)C(C)(C)c2ccccc2)C1. The van der Waals surface area contributed by atoms with Crippen molar-refractivity contribution in [3.63, 3.8) is 0 Å². The first-order chi connectivity index (χ1) is 9.43. The van der Waals surface area contributed by atoms with Gasteiger partial charge in [-0.2, -0.15) is 0 Å². The summed E-state index contributed by atoms with van der Waals surface area (Å²) in [7, 11) is 0. The van der Waals surface area contributed by atoms with E-state index >= 15 is 0 Å². The van der Waals surface area contributed by atoms with Crippen LogP contribution in [0.4, 0.5) is 0 Å². The van der Waals surface area contributed by atoms with Crippen LogP contribution in [0, 0.1) is 5.92 Å². The van der Waals surface area contributed by atoms with E-state index in [1.807, 2.05) is 56.0 Å². The van der Waals surface area contributed by atoms with Crippen molar-refractivity contribution in [2.24, 2.45) is 11.7 Å². The van der Waals surface area contributed by atoms with Gasteiger partial charge in [-0.1, -0.05) is 30.3 Å². The van der Waals surface area contributed by atoms with E-state index in [0.29, 0.717) is 5.92 Å². The molecule has 2 atom stereocenters. The number of nitrogens with two attached hydrogens (primary N) is 1. The van der Waals surface area contributed by atoms with Gasteiger partial charge in [0.15, 0.2) is 0 Å². The van der Waals surface area contributed by atoms with E-state index in [1.165, 1.54) is 0 Å². The summed E-state index contributed by atoms with van der Waals surface area (Å²) in [6.07, 6.45) is 2.19. The second kappa shape index (κ2) is 5.96. The number of carbonyl (C=O) groups is 1. The lowest BCUT2D eigenvalue weighted by Crippen LogP contribution is -2.50. The number of hydrogen-bond donors (Lipinski definition) is 1. The summed E-state index contributed by atoms with van der Waals surface area (Å²) in [5, 5.41) is 0. The van der Waals surface area contributed by atoms with Crippen LogP contribution in [0.25, 0.3) is 0 Å². The highest BCUT2D eigenvalue weighted by Gasteiger charge is 2.36. The molecule has 2 unspecified atom stereocenters. The Kier molecular flexibility index (Phi) is 4.48. The Morgan fingerprint density at radius 3 is 2.60 bits per heavy atom. The molecule has 0 aliphatic carbocycles. The number of hydrogen-bond acceptors (Lipinski definition) is 2. The number of carbonyl (C=O) groups excluding carboxylic acids is 1. The van der Waals surface area contributed by atoms with Crippen LogP contribution < -0.4 is 5.73 Å². The minimum absolute atomic E-state index is 0.158. The van der Waals surface area contributed by atoms with Crippen molar-refractivity contribution in [3.05, 3.63) is 35.9 Å². The molecule has 1 aromatic rings. The molecule has 110 valence electrons. The zero-order valence-electron chi connectivity index (χ0n) is 12.8. The van der Waals surface area contributed by atoms with Gasteiger partial charge in [0.1, 0.15) is 0 Å². The molecule has 1 aromatic carbocycles. The quantitative estimate of drug-likeness (QED) is 0.920. The third-order valence-corrected chi connectivity index (χ3v) is 4.52. The fourth-order valence-corrected chi connectivity index (χ4v) is 3.00. The lowest BCUT2D eigenvalue weighted by molar-refractivity contribution is -0.138. The highest BCUT2D eigenvalue weighted by Crippen LogP contribution is 2.28. The van der Waals surface area contributed by atoms with Crippen LogP contribution in [0.15, 0.2) is 30.3 Å². The standard InChI is InChI=1S/C17H26N2O/c1-13(18)14-8-7-11-19(12-14)16(20)17(2,3)15-9-5-4-6-10-15/h4-6,9-10,13-14H,7-8,11-12,18H2,1-3H3. The number of nitrogens with zero attached hydrogens (tertiary/aromatic N) is 1. The molecule has 2 N–H and O–H groups in total. The molecule has 2 rings (SSSR count). The smallest absolute Gasteiger partial charge is 0.232 e. The summed E-state index contributed by atoms with van der Waals surface area (Å²) in [5.74, 6) is 0.647. The van der Waals surface area contributed by atoms with Crippen molar-refractivity contribution >= 4 is 5.91 Å². The molecule has 0 aromatic heterocycles. The van der Waals surface area contributed by atoms with Crippen LogP contribution in [-0.4, -0.2) is 29.9 Å². The summed E-state index contributed by atoms with van der Waals surface area (Å²) < 4.78 is 0. The zero-order chi connectivity index (χ0) is 14.8. The van der Waals surface area contributed by atoms with Crippen LogP contribution in [0.3, 0.4) is 0 Å². The molecule has 3 heteroatoms.